The van der Waals surface area contributed by atoms with Gasteiger partial charge in [-0.15, -0.1) is 0 Å². The third kappa shape index (κ3) is 3.73. The van der Waals surface area contributed by atoms with Gasteiger partial charge in [0.15, 0.2) is 5.76 Å². The van der Waals surface area contributed by atoms with Crippen LogP contribution in [0.5, 0.6) is 17.2 Å². The van der Waals surface area contributed by atoms with E-state index in [2.05, 4.69) is 0 Å². The highest BCUT2D eigenvalue weighted by molar-refractivity contribution is 6.31. The van der Waals surface area contributed by atoms with Crippen molar-refractivity contribution in [2.75, 3.05) is 7.11 Å². The summed E-state index contributed by atoms with van der Waals surface area (Å²) in [7, 11) is 1.60. The summed E-state index contributed by atoms with van der Waals surface area (Å²) < 4.78 is 16.8. The van der Waals surface area contributed by atoms with Crippen molar-refractivity contribution in [1.29, 1.82) is 0 Å². The largest absolute Gasteiger partial charge is 0.497 e. The lowest BCUT2D eigenvalue weighted by atomic mass is 10.1. The standard InChI is InChI=1S/C23H17ClO4/c1-26-17-7-4-5-15(11-17)12-22-23(25)19-10-9-18(13-21(19)28-22)27-14-16-6-2-3-8-20(16)24/h2-13H,14H2,1H3/b22-12-. The number of halogens is 1. The Morgan fingerprint density at radius 1 is 1.00 bits per heavy atom. The maximum atomic E-state index is 12.6. The lowest BCUT2D eigenvalue weighted by molar-refractivity contribution is 0.101. The number of Topliss-reactive ketones (excluding diaryl/α,β-unsaturated/α-hetero) is 1. The first-order valence-electron chi connectivity index (χ1n) is 8.72. The number of benzene rings is 3. The Morgan fingerprint density at radius 3 is 2.68 bits per heavy atom. The lowest BCUT2D eigenvalue weighted by Gasteiger charge is -2.08. The van der Waals surface area contributed by atoms with Crippen LogP contribution in [0.25, 0.3) is 6.08 Å². The van der Waals surface area contributed by atoms with Crippen LogP contribution in [0.3, 0.4) is 0 Å². The average Bonchev–Trinajstić information content (AvgIpc) is 3.02. The van der Waals surface area contributed by atoms with Crippen LogP contribution >= 0.6 is 11.6 Å². The summed E-state index contributed by atoms with van der Waals surface area (Å²) in [5.41, 5.74) is 2.23. The van der Waals surface area contributed by atoms with Gasteiger partial charge in [-0.2, -0.15) is 0 Å². The lowest BCUT2D eigenvalue weighted by Crippen LogP contribution is -1.98. The van der Waals surface area contributed by atoms with Crippen LogP contribution in [0.2, 0.25) is 5.02 Å². The van der Waals surface area contributed by atoms with E-state index in [0.717, 1.165) is 11.1 Å². The molecule has 0 radical (unpaired) electrons. The molecule has 3 aromatic rings. The molecule has 0 saturated heterocycles. The zero-order valence-electron chi connectivity index (χ0n) is 15.1. The topological polar surface area (TPSA) is 44.8 Å². The molecule has 1 aliphatic heterocycles. The van der Waals surface area contributed by atoms with Crippen LogP contribution in [-0.4, -0.2) is 12.9 Å². The van der Waals surface area contributed by atoms with Gasteiger partial charge in [0, 0.05) is 16.7 Å². The first-order valence-corrected chi connectivity index (χ1v) is 9.10. The summed E-state index contributed by atoms with van der Waals surface area (Å²) in [5.74, 6) is 1.92. The fraction of sp³-hybridized carbons (Fsp3) is 0.0870. The van der Waals surface area contributed by atoms with Gasteiger partial charge < -0.3 is 14.2 Å². The van der Waals surface area contributed by atoms with E-state index in [9.17, 15) is 4.79 Å². The maximum Gasteiger partial charge on any atom is 0.231 e. The zero-order valence-corrected chi connectivity index (χ0v) is 15.9. The minimum Gasteiger partial charge on any atom is -0.497 e. The first-order chi connectivity index (χ1) is 13.6. The van der Waals surface area contributed by atoms with Gasteiger partial charge in [0.25, 0.3) is 0 Å². The smallest absolute Gasteiger partial charge is 0.231 e. The molecule has 0 unspecified atom stereocenters. The number of ether oxygens (including phenoxy) is 3. The van der Waals surface area contributed by atoms with Crippen LogP contribution in [-0.2, 0) is 6.61 Å². The molecule has 0 aromatic heterocycles. The van der Waals surface area contributed by atoms with Crippen molar-refractivity contribution < 1.29 is 19.0 Å². The van der Waals surface area contributed by atoms with E-state index in [-0.39, 0.29) is 11.5 Å². The molecular formula is C23H17ClO4. The molecule has 0 spiro atoms. The van der Waals surface area contributed by atoms with Gasteiger partial charge in [0.2, 0.25) is 5.78 Å². The molecule has 0 aliphatic carbocycles. The molecular weight excluding hydrogens is 376 g/mol. The van der Waals surface area contributed by atoms with Crippen molar-refractivity contribution in [3.8, 4) is 17.2 Å². The van der Waals surface area contributed by atoms with Gasteiger partial charge in [-0.1, -0.05) is 41.9 Å². The summed E-state index contributed by atoms with van der Waals surface area (Å²) in [6.07, 6.45) is 1.70. The van der Waals surface area contributed by atoms with Crippen molar-refractivity contribution in [3.05, 3.63) is 94.2 Å². The highest BCUT2D eigenvalue weighted by Crippen LogP contribution is 2.35. The predicted molar refractivity (Wildman–Crippen MR) is 108 cm³/mol. The van der Waals surface area contributed by atoms with Crippen LogP contribution < -0.4 is 14.2 Å². The predicted octanol–water partition coefficient (Wildman–Crippen LogP) is 5.54. The summed E-state index contributed by atoms with van der Waals surface area (Å²) in [6.45, 7) is 0.332. The molecule has 0 fully saturated rings. The maximum absolute atomic E-state index is 12.6. The molecule has 4 nitrogen and oxygen atoms in total. The third-order valence-electron chi connectivity index (χ3n) is 4.39. The van der Waals surface area contributed by atoms with E-state index in [1.807, 2.05) is 48.5 Å². The van der Waals surface area contributed by atoms with Crippen molar-refractivity contribution >= 4 is 23.5 Å². The van der Waals surface area contributed by atoms with Crippen LogP contribution in [0, 0.1) is 0 Å². The van der Waals surface area contributed by atoms with Crippen molar-refractivity contribution in [2.45, 2.75) is 6.61 Å². The van der Waals surface area contributed by atoms with Gasteiger partial charge >= 0.3 is 0 Å². The number of hydrogen-bond acceptors (Lipinski definition) is 4. The molecule has 1 heterocycles. The Kier molecular flexibility index (Phi) is 5.04. The molecule has 4 rings (SSSR count). The number of carbonyl (C=O) groups is 1. The van der Waals surface area contributed by atoms with Crippen LogP contribution in [0.15, 0.2) is 72.5 Å². The molecule has 0 bridgehead atoms. The van der Waals surface area contributed by atoms with E-state index in [1.165, 1.54) is 0 Å². The Balaban J connectivity index is 1.52. The normalized spacial score (nSPS) is 13.9. The highest BCUT2D eigenvalue weighted by Gasteiger charge is 2.27. The van der Waals surface area contributed by atoms with E-state index < -0.39 is 0 Å². The van der Waals surface area contributed by atoms with Gasteiger partial charge in [0.05, 0.1) is 12.7 Å². The number of rotatable bonds is 5. The monoisotopic (exact) mass is 392 g/mol. The average molecular weight is 393 g/mol. The summed E-state index contributed by atoms with van der Waals surface area (Å²) in [4.78, 5) is 12.6. The van der Waals surface area contributed by atoms with Crippen molar-refractivity contribution in [1.82, 2.24) is 0 Å². The number of allylic oxidation sites excluding steroid dienone is 1. The molecule has 5 heteroatoms. The second-order valence-corrected chi connectivity index (χ2v) is 6.66. The molecule has 1 aliphatic rings. The molecule has 0 saturated carbocycles. The zero-order chi connectivity index (χ0) is 19.5. The number of ketones is 1. The van der Waals surface area contributed by atoms with E-state index in [1.54, 1.807) is 31.4 Å². The molecule has 0 N–H and O–H groups in total. The van der Waals surface area contributed by atoms with Gasteiger partial charge in [-0.25, -0.2) is 0 Å². The quantitative estimate of drug-likeness (QED) is 0.534. The SMILES string of the molecule is COc1cccc(/C=C2\Oc3cc(OCc4ccccc4Cl)ccc3C2=O)c1. The number of methoxy groups -OCH3 is 1. The molecule has 140 valence electrons. The van der Waals surface area contributed by atoms with Crippen LogP contribution in [0.4, 0.5) is 0 Å². The highest BCUT2D eigenvalue weighted by atomic mass is 35.5. The molecule has 28 heavy (non-hydrogen) atoms. The van der Waals surface area contributed by atoms with Gasteiger partial charge in [0.1, 0.15) is 23.9 Å². The number of carbonyl (C=O) groups excluding carboxylic acids is 1. The fourth-order valence-corrected chi connectivity index (χ4v) is 3.11. The van der Waals surface area contributed by atoms with E-state index >= 15 is 0 Å². The Morgan fingerprint density at radius 2 is 1.86 bits per heavy atom. The van der Waals surface area contributed by atoms with E-state index in [0.29, 0.717) is 34.4 Å². The molecule has 0 atom stereocenters. The van der Waals surface area contributed by atoms with Gasteiger partial charge in [-0.05, 0) is 42.0 Å². The summed E-state index contributed by atoms with van der Waals surface area (Å²) in [6, 6.07) is 20.1. The third-order valence-corrected chi connectivity index (χ3v) is 4.75. The number of fused-ring (bicyclic) bond motifs is 1. The van der Waals surface area contributed by atoms with Gasteiger partial charge in [-0.3, -0.25) is 4.79 Å². The first kappa shape index (κ1) is 18.1. The van der Waals surface area contributed by atoms with Crippen LogP contribution in [0.1, 0.15) is 21.5 Å². The second kappa shape index (κ2) is 7.79. The summed E-state index contributed by atoms with van der Waals surface area (Å²) in [5, 5.41) is 0.651. The molecule has 3 aromatic carbocycles. The Bertz CT molecular complexity index is 1070. The molecule has 0 amide bonds. The second-order valence-electron chi connectivity index (χ2n) is 6.25. The summed E-state index contributed by atoms with van der Waals surface area (Å²) >= 11 is 6.16. The van der Waals surface area contributed by atoms with Crippen molar-refractivity contribution in [2.24, 2.45) is 0 Å². The number of hydrogen-bond donors (Lipinski definition) is 0. The Labute approximate surface area is 167 Å². The fourth-order valence-electron chi connectivity index (χ4n) is 2.92. The Hall–Kier alpha value is -3.24. The minimum absolute atomic E-state index is 0.157. The van der Waals surface area contributed by atoms with Crippen molar-refractivity contribution in [3.63, 3.8) is 0 Å². The minimum atomic E-state index is -0.157. The van der Waals surface area contributed by atoms with E-state index in [4.69, 9.17) is 25.8 Å².